The quantitative estimate of drug-likeness (QED) is 0.0291. The highest BCUT2D eigenvalue weighted by molar-refractivity contribution is 5.70. The number of esters is 2. The fourth-order valence-corrected chi connectivity index (χ4v) is 6.30. The van der Waals surface area contributed by atoms with Gasteiger partial charge in [0.2, 0.25) is 0 Å². The van der Waals surface area contributed by atoms with Crippen LogP contribution in [0.15, 0.2) is 12.2 Å². The van der Waals surface area contributed by atoms with Gasteiger partial charge in [-0.05, 0) is 38.5 Å². The topological polar surface area (TPSA) is 152 Å². The van der Waals surface area contributed by atoms with Crippen molar-refractivity contribution in [2.45, 2.75) is 218 Å². The molecule has 0 aliphatic carbocycles. The smallest absolute Gasteiger partial charge is 0.306 e. The molecule has 1 aliphatic heterocycles. The van der Waals surface area contributed by atoms with E-state index in [1.165, 1.54) is 109 Å². The fourth-order valence-electron chi connectivity index (χ4n) is 6.30. The van der Waals surface area contributed by atoms with Gasteiger partial charge in [0, 0.05) is 12.8 Å². The molecule has 6 atom stereocenters. The number of ether oxygens (including phenoxy) is 4. The summed E-state index contributed by atoms with van der Waals surface area (Å²) in [5.74, 6) is -0.806. The molecule has 0 radical (unpaired) electrons. The molecule has 1 saturated heterocycles. The number of aliphatic hydroxyl groups is 4. The van der Waals surface area contributed by atoms with Crippen molar-refractivity contribution in [1.29, 1.82) is 0 Å². The molecule has 0 aromatic carbocycles. The maximum Gasteiger partial charge on any atom is 0.306 e. The number of hydrogen-bond acceptors (Lipinski definition) is 10. The van der Waals surface area contributed by atoms with Gasteiger partial charge in [0.05, 0.1) is 13.2 Å². The Labute approximate surface area is 310 Å². The Bertz CT molecular complexity index is 850. The zero-order valence-electron chi connectivity index (χ0n) is 32.4. The SMILES string of the molecule is CCCCCC/C=C/CCCCCCCCCCCC(=O)O[C@H](COC(=O)CCCCCCCCCCC)CO[C@@H]1O[C@H](CO)[C@H](O)C(O)C1O. The first-order valence-electron chi connectivity index (χ1n) is 20.8. The van der Waals surface area contributed by atoms with Crippen molar-refractivity contribution in [2.24, 2.45) is 0 Å². The minimum atomic E-state index is -1.59. The van der Waals surface area contributed by atoms with E-state index in [-0.39, 0.29) is 32.0 Å². The van der Waals surface area contributed by atoms with Crippen molar-refractivity contribution in [3.63, 3.8) is 0 Å². The molecule has 2 unspecified atom stereocenters. The Hall–Kier alpha value is -1.56. The molecule has 4 N–H and O–H groups in total. The van der Waals surface area contributed by atoms with Crippen LogP contribution in [0.4, 0.5) is 0 Å². The van der Waals surface area contributed by atoms with E-state index in [9.17, 15) is 30.0 Å². The van der Waals surface area contributed by atoms with Gasteiger partial charge >= 0.3 is 11.9 Å². The van der Waals surface area contributed by atoms with Crippen LogP contribution in [0.5, 0.6) is 0 Å². The lowest BCUT2D eigenvalue weighted by atomic mass is 9.99. The van der Waals surface area contributed by atoms with E-state index in [0.717, 1.165) is 38.5 Å². The van der Waals surface area contributed by atoms with E-state index in [1.807, 2.05) is 0 Å². The van der Waals surface area contributed by atoms with Gasteiger partial charge in [0.15, 0.2) is 12.4 Å². The minimum Gasteiger partial charge on any atom is -0.462 e. The third-order valence-electron chi connectivity index (χ3n) is 9.65. The lowest BCUT2D eigenvalue weighted by Gasteiger charge is -2.39. The summed E-state index contributed by atoms with van der Waals surface area (Å²) in [4.78, 5) is 25.2. The van der Waals surface area contributed by atoms with E-state index < -0.39 is 49.4 Å². The summed E-state index contributed by atoms with van der Waals surface area (Å²) in [5, 5.41) is 39.9. The molecule has 1 fully saturated rings. The molecule has 10 heteroatoms. The normalized spacial score (nSPS) is 21.3. The van der Waals surface area contributed by atoms with Crippen molar-refractivity contribution >= 4 is 11.9 Å². The molecule has 1 aliphatic rings. The average Bonchev–Trinajstić information content (AvgIpc) is 3.13. The Morgan fingerprint density at radius 2 is 1.04 bits per heavy atom. The Kier molecular flexibility index (Phi) is 30.7. The zero-order chi connectivity index (χ0) is 37.4. The number of hydrogen-bond donors (Lipinski definition) is 4. The van der Waals surface area contributed by atoms with Crippen LogP contribution in [-0.4, -0.2) is 89.0 Å². The van der Waals surface area contributed by atoms with Crippen molar-refractivity contribution < 1.29 is 49.0 Å². The van der Waals surface area contributed by atoms with Gasteiger partial charge in [0.25, 0.3) is 0 Å². The number of allylic oxidation sites excluding steroid dienone is 2. The Morgan fingerprint density at radius 1 is 0.588 bits per heavy atom. The Morgan fingerprint density at radius 3 is 1.55 bits per heavy atom. The van der Waals surface area contributed by atoms with Crippen molar-refractivity contribution in [3.8, 4) is 0 Å². The summed E-state index contributed by atoms with van der Waals surface area (Å²) < 4.78 is 22.1. The number of carbonyl (C=O) groups is 2. The van der Waals surface area contributed by atoms with Crippen LogP contribution in [0.2, 0.25) is 0 Å². The highest BCUT2D eigenvalue weighted by Crippen LogP contribution is 2.22. The maximum absolute atomic E-state index is 12.7. The van der Waals surface area contributed by atoms with Gasteiger partial charge in [-0.3, -0.25) is 9.59 Å². The largest absolute Gasteiger partial charge is 0.462 e. The van der Waals surface area contributed by atoms with Crippen LogP contribution in [0, 0.1) is 0 Å². The lowest BCUT2D eigenvalue weighted by molar-refractivity contribution is -0.305. The van der Waals surface area contributed by atoms with Crippen molar-refractivity contribution in [1.82, 2.24) is 0 Å². The van der Waals surface area contributed by atoms with Gasteiger partial charge in [-0.15, -0.1) is 0 Å². The first-order chi connectivity index (χ1) is 24.8. The van der Waals surface area contributed by atoms with Crippen LogP contribution >= 0.6 is 0 Å². The summed E-state index contributed by atoms with van der Waals surface area (Å²) in [6, 6.07) is 0. The number of aliphatic hydroxyl groups excluding tert-OH is 4. The average molecular weight is 729 g/mol. The predicted octanol–water partition coefficient (Wildman–Crippen LogP) is 8.00. The van der Waals surface area contributed by atoms with E-state index in [0.29, 0.717) is 6.42 Å². The monoisotopic (exact) mass is 729 g/mol. The highest BCUT2D eigenvalue weighted by atomic mass is 16.7. The van der Waals surface area contributed by atoms with Gasteiger partial charge in [0.1, 0.15) is 31.0 Å². The maximum atomic E-state index is 12.7. The molecule has 1 rings (SSSR count). The molecule has 300 valence electrons. The molecular weight excluding hydrogens is 652 g/mol. The fraction of sp³-hybridized carbons (Fsp3) is 0.902. The standard InChI is InChI=1S/C41H76O10/c1-3-5-7-9-11-13-14-15-16-17-18-19-20-22-24-26-28-30-37(44)50-34(33-49-41-40(47)39(46)38(45)35(31-42)51-41)32-48-36(43)29-27-25-23-21-12-10-8-6-4-2/h13-14,34-35,38-42,45-47H,3-12,15-33H2,1-2H3/b14-13+/t34-,35-,38+,39?,40?,41-/m1/s1. The van der Waals surface area contributed by atoms with Crippen LogP contribution in [0.3, 0.4) is 0 Å². The molecule has 1 heterocycles. The molecule has 10 nitrogen and oxygen atoms in total. The third kappa shape index (κ3) is 25.2. The van der Waals surface area contributed by atoms with Gasteiger partial charge in [-0.25, -0.2) is 0 Å². The molecule has 0 aromatic rings. The molecule has 0 aromatic heterocycles. The first kappa shape index (κ1) is 47.5. The van der Waals surface area contributed by atoms with Crippen molar-refractivity contribution in [3.05, 3.63) is 12.2 Å². The number of rotatable bonds is 34. The molecule has 0 amide bonds. The number of unbranched alkanes of at least 4 members (excludes halogenated alkanes) is 21. The first-order valence-corrected chi connectivity index (χ1v) is 20.8. The summed E-state index contributed by atoms with van der Waals surface area (Å²) in [6.45, 7) is 3.38. The van der Waals surface area contributed by atoms with Gasteiger partial charge in [-0.1, -0.05) is 142 Å². The van der Waals surface area contributed by atoms with Crippen LogP contribution in [0.1, 0.15) is 181 Å². The second-order valence-electron chi connectivity index (χ2n) is 14.4. The van der Waals surface area contributed by atoms with Gasteiger partial charge < -0.3 is 39.4 Å². The third-order valence-corrected chi connectivity index (χ3v) is 9.65. The summed E-state index contributed by atoms with van der Waals surface area (Å²) in [6.07, 6.45) is 25.1. The summed E-state index contributed by atoms with van der Waals surface area (Å²) >= 11 is 0. The summed E-state index contributed by atoms with van der Waals surface area (Å²) in [5.41, 5.74) is 0. The van der Waals surface area contributed by atoms with Gasteiger partial charge in [-0.2, -0.15) is 0 Å². The predicted molar refractivity (Wildman–Crippen MR) is 201 cm³/mol. The van der Waals surface area contributed by atoms with Crippen molar-refractivity contribution in [2.75, 3.05) is 19.8 Å². The molecular formula is C41H76O10. The highest BCUT2D eigenvalue weighted by Gasteiger charge is 2.44. The van der Waals surface area contributed by atoms with E-state index in [1.54, 1.807) is 0 Å². The van der Waals surface area contributed by atoms with E-state index in [4.69, 9.17) is 18.9 Å². The molecule has 0 bridgehead atoms. The van der Waals surface area contributed by atoms with E-state index >= 15 is 0 Å². The van der Waals surface area contributed by atoms with Crippen LogP contribution in [0.25, 0.3) is 0 Å². The lowest BCUT2D eigenvalue weighted by Crippen LogP contribution is -2.59. The minimum absolute atomic E-state index is 0.214. The molecule has 0 saturated carbocycles. The molecule has 51 heavy (non-hydrogen) atoms. The van der Waals surface area contributed by atoms with E-state index in [2.05, 4.69) is 26.0 Å². The second-order valence-corrected chi connectivity index (χ2v) is 14.4. The molecule has 0 spiro atoms. The van der Waals surface area contributed by atoms with Crippen LogP contribution in [-0.2, 0) is 28.5 Å². The summed E-state index contributed by atoms with van der Waals surface area (Å²) in [7, 11) is 0. The van der Waals surface area contributed by atoms with Crippen LogP contribution < -0.4 is 0 Å². The number of carbonyl (C=O) groups excluding carboxylic acids is 2. The second kappa shape index (κ2) is 33.0. The Balaban J connectivity index is 2.33. The zero-order valence-corrected chi connectivity index (χ0v) is 32.4.